The molecule has 0 N–H and O–H groups in total. The summed E-state index contributed by atoms with van der Waals surface area (Å²) >= 11 is 0. The number of rotatable bonds is 4. The van der Waals surface area contributed by atoms with Crippen molar-refractivity contribution >= 4 is 6.29 Å². The highest BCUT2D eigenvalue weighted by molar-refractivity contribution is 5.58. The Morgan fingerprint density at radius 2 is 1.93 bits per heavy atom. The molecule has 0 bridgehead atoms. The van der Waals surface area contributed by atoms with Crippen molar-refractivity contribution in [2.75, 3.05) is 19.6 Å². The molecule has 3 heteroatoms. The first kappa shape index (κ1) is 12.7. The maximum absolute atomic E-state index is 11.0. The average Bonchev–Trinajstić information content (AvgIpc) is 2.16. The van der Waals surface area contributed by atoms with E-state index in [1.807, 2.05) is 6.92 Å². The highest BCUT2D eigenvalue weighted by Gasteiger charge is 2.29. The van der Waals surface area contributed by atoms with E-state index in [2.05, 4.69) is 25.7 Å². The van der Waals surface area contributed by atoms with Gasteiger partial charge in [0.05, 0.1) is 12.2 Å². The van der Waals surface area contributed by atoms with Crippen LogP contribution < -0.4 is 0 Å². The molecule has 0 aromatic rings. The smallest absolute Gasteiger partial charge is 0.127 e. The van der Waals surface area contributed by atoms with Gasteiger partial charge in [0.2, 0.25) is 0 Å². The lowest BCUT2D eigenvalue weighted by atomic mass is 9.88. The van der Waals surface area contributed by atoms with Crippen molar-refractivity contribution in [3.63, 3.8) is 0 Å². The topological polar surface area (TPSA) is 29.5 Å². The number of carbonyl (C=O) groups is 1. The number of morpholine rings is 1. The quantitative estimate of drug-likeness (QED) is 0.666. The lowest BCUT2D eigenvalue weighted by Crippen LogP contribution is -2.49. The third kappa shape index (κ3) is 3.58. The Kier molecular flexibility index (Phi) is 4.29. The van der Waals surface area contributed by atoms with E-state index in [4.69, 9.17) is 4.74 Å². The Balaban J connectivity index is 2.53. The van der Waals surface area contributed by atoms with Crippen LogP contribution in [0.4, 0.5) is 0 Å². The van der Waals surface area contributed by atoms with Crippen molar-refractivity contribution in [3.8, 4) is 0 Å². The Bertz CT molecular complexity index is 210. The van der Waals surface area contributed by atoms with Crippen molar-refractivity contribution in [3.05, 3.63) is 0 Å². The van der Waals surface area contributed by atoms with E-state index in [1.165, 1.54) is 0 Å². The molecule has 1 rings (SSSR count). The molecule has 0 radical (unpaired) electrons. The van der Waals surface area contributed by atoms with Gasteiger partial charge in [-0.25, -0.2) is 0 Å². The second kappa shape index (κ2) is 5.08. The van der Waals surface area contributed by atoms with Crippen LogP contribution in [0, 0.1) is 5.41 Å². The molecule has 15 heavy (non-hydrogen) atoms. The summed E-state index contributed by atoms with van der Waals surface area (Å²) in [5.41, 5.74) is -0.198. The Labute approximate surface area is 92.8 Å². The van der Waals surface area contributed by atoms with Crippen molar-refractivity contribution in [2.24, 2.45) is 5.41 Å². The van der Waals surface area contributed by atoms with E-state index in [0.717, 1.165) is 32.3 Å². The van der Waals surface area contributed by atoms with Gasteiger partial charge < -0.3 is 9.53 Å². The van der Waals surface area contributed by atoms with E-state index in [9.17, 15) is 4.79 Å². The van der Waals surface area contributed by atoms with Gasteiger partial charge in [0.25, 0.3) is 0 Å². The van der Waals surface area contributed by atoms with Crippen LogP contribution in [0.1, 0.15) is 34.1 Å². The zero-order valence-electron chi connectivity index (χ0n) is 10.3. The summed E-state index contributed by atoms with van der Waals surface area (Å²) in [4.78, 5) is 13.4. The second-order valence-electron chi connectivity index (χ2n) is 5.08. The molecule has 0 saturated carbocycles. The summed E-state index contributed by atoms with van der Waals surface area (Å²) in [5, 5.41) is 0. The normalized spacial score (nSPS) is 32.3. The van der Waals surface area contributed by atoms with E-state index < -0.39 is 0 Å². The maximum Gasteiger partial charge on any atom is 0.127 e. The Hall–Kier alpha value is -0.410. The number of ether oxygens (including phenoxy) is 1. The molecular weight excluding hydrogens is 190 g/mol. The van der Waals surface area contributed by atoms with Gasteiger partial charge in [-0.1, -0.05) is 13.8 Å². The molecule has 1 heterocycles. The van der Waals surface area contributed by atoms with Crippen LogP contribution in [-0.4, -0.2) is 43.0 Å². The third-order valence-corrected chi connectivity index (χ3v) is 3.17. The zero-order valence-corrected chi connectivity index (χ0v) is 10.3. The van der Waals surface area contributed by atoms with Gasteiger partial charge >= 0.3 is 0 Å². The van der Waals surface area contributed by atoms with Crippen LogP contribution in [0.3, 0.4) is 0 Å². The summed E-state index contributed by atoms with van der Waals surface area (Å²) in [6, 6.07) is 0. The van der Waals surface area contributed by atoms with Crippen molar-refractivity contribution in [1.29, 1.82) is 0 Å². The summed E-state index contributed by atoms with van der Waals surface area (Å²) in [6.07, 6.45) is 2.55. The molecular formula is C12H23NO2. The molecule has 88 valence electrons. The standard InChI is InChI=1S/C12H23NO2/c1-5-12(4,9-14)8-13-6-10(2)15-11(3)7-13/h9-11H,5-8H2,1-4H3/t10-,11+,12?. The van der Waals surface area contributed by atoms with Crippen LogP contribution in [-0.2, 0) is 9.53 Å². The highest BCUT2D eigenvalue weighted by Crippen LogP contribution is 2.22. The van der Waals surface area contributed by atoms with E-state index in [-0.39, 0.29) is 17.6 Å². The minimum Gasteiger partial charge on any atom is -0.373 e. The zero-order chi connectivity index (χ0) is 11.5. The highest BCUT2D eigenvalue weighted by atomic mass is 16.5. The molecule has 1 unspecified atom stereocenters. The molecule has 1 saturated heterocycles. The van der Waals surface area contributed by atoms with Gasteiger partial charge in [-0.15, -0.1) is 0 Å². The first-order chi connectivity index (χ1) is 6.99. The van der Waals surface area contributed by atoms with Crippen LogP contribution in [0.25, 0.3) is 0 Å². The van der Waals surface area contributed by atoms with Gasteiger partial charge in [0.1, 0.15) is 6.29 Å². The van der Waals surface area contributed by atoms with Gasteiger partial charge in [-0.2, -0.15) is 0 Å². The number of nitrogens with zero attached hydrogens (tertiary/aromatic N) is 1. The number of carbonyl (C=O) groups excluding carboxylic acids is 1. The first-order valence-electron chi connectivity index (χ1n) is 5.83. The van der Waals surface area contributed by atoms with Crippen LogP contribution >= 0.6 is 0 Å². The molecule has 0 spiro atoms. The monoisotopic (exact) mass is 213 g/mol. The Morgan fingerprint density at radius 1 is 1.40 bits per heavy atom. The van der Waals surface area contributed by atoms with Crippen molar-refractivity contribution in [2.45, 2.75) is 46.3 Å². The maximum atomic E-state index is 11.0. The predicted octanol–water partition coefficient (Wildman–Crippen LogP) is 1.71. The summed E-state index contributed by atoms with van der Waals surface area (Å²) in [7, 11) is 0. The Morgan fingerprint density at radius 3 is 2.33 bits per heavy atom. The lowest BCUT2D eigenvalue weighted by Gasteiger charge is -2.38. The first-order valence-corrected chi connectivity index (χ1v) is 5.83. The number of hydrogen-bond acceptors (Lipinski definition) is 3. The summed E-state index contributed by atoms with van der Waals surface area (Å²) in [6.45, 7) is 11.0. The fraction of sp³-hybridized carbons (Fsp3) is 0.917. The summed E-state index contributed by atoms with van der Waals surface area (Å²) < 4.78 is 5.67. The van der Waals surface area contributed by atoms with Crippen LogP contribution in [0.15, 0.2) is 0 Å². The molecule has 0 amide bonds. The molecule has 3 nitrogen and oxygen atoms in total. The van der Waals surface area contributed by atoms with E-state index in [1.54, 1.807) is 0 Å². The molecule has 1 aliphatic heterocycles. The van der Waals surface area contributed by atoms with Crippen molar-refractivity contribution < 1.29 is 9.53 Å². The third-order valence-electron chi connectivity index (χ3n) is 3.17. The minimum atomic E-state index is -0.198. The fourth-order valence-corrected chi connectivity index (χ4v) is 2.16. The largest absolute Gasteiger partial charge is 0.373 e. The SMILES string of the molecule is CCC(C)(C=O)CN1C[C@@H](C)O[C@@H](C)C1. The van der Waals surface area contributed by atoms with E-state index >= 15 is 0 Å². The minimum absolute atomic E-state index is 0.198. The lowest BCUT2D eigenvalue weighted by molar-refractivity contribution is -0.119. The van der Waals surface area contributed by atoms with Crippen LogP contribution in [0.5, 0.6) is 0 Å². The van der Waals surface area contributed by atoms with Gasteiger partial charge in [-0.05, 0) is 20.3 Å². The number of aldehydes is 1. The fourth-order valence-electron chi connectivity index (χ4n) is 2.16. The molecule has 1 fully saturated rings. The average molecular weight is 213 g/mol. The van der Waals surface area contributed by atoms with Crippen molar-refractivity contribution in [1.82, 2.24) is 4.90 Å². The van der Waals surface area contributed by atoms with Gasteiger partial charge in [-0.3, -0.25) is 4.90 Å². The molecule has 0 aromatic carbocycles. The molecule has 3 atom stereocenters. The summed E-state index contributed by atoms with van der Waals surface area (Å²) in [5.74, 6) is 0. The van der Waals surface area contributed by atoms with Gasteiger partial charge in [0.15, 0.2) is 0 Å². The van der Waals surface area contributed by atoms with Gasteiger partial charge in [0, 0.05) is 25.0 Å². The van der Waals surface area contributed by atoms with E-state index in [0.29, 0.717) is 0 Å². The predicted molar refractivity (Wildman–Crippen MR) is 60.9 cm³/mol. The molecule has 1 aliphatic rings. The molecule has 0 aromatic heterocycles. The second-order valence-corrected chi connectivity index (χ2v) is 5.08. The van der Waals surface area contributed by atoms with Crippen LogP contribution in [0.2, 0.25) is 0 Å². The molecule has 0 aliphatic carbocycles. The number of hydrogen-bond donors (Lipinski definition) is 0.